The van der Waals surface area contributed by atoms with Gasteiger partial charge in [-0.2, -0.15) is 0 Å². The molecule has 1 aliphatic heterocycles. The number of thiophene rings is 1. The van der Waals surface area contributed by atoms with Gasteiger partial charge >= 0.3 is 0 Å². The van der Waals surface area contributed by atoms with Crippen molar-refractivity contribution in [3.8, 4) is 0 Å². The first kappa shape index (κ1) is 13.3. The highest BCUT2D eigenvalue weighted by Crippen LogP contribution is 2.16. The zero-order valence-corrected chi connectivity index (χ0v) is 11.2. The van der Waals surface area contributed by atoms with Crippen LogP contribution < -0.4 is 5.32 Å². The summed E-state index contributed by atoms with van der Waals surface area (Å²) in [6, 6.07) is 2.15. The Bertz CT molecular complexity index is 442. The zero-order valence-electron chi connectivity index (χ0n) is 10.4. The predicted octanol–water partition coefficient (Wildman–Crippen LogP) is 1.07. The second kappa shape index (κ2) is 6.13. The monoisotopic (exact) mass is 266 g/mol. The maximum Gasteiger partial charge on any atom is 0.244 e. The molecule has 1 aromatic rings. The van der Waals surface area contributed by atoms with Gasteiger partial charge in [0.15, 0.2) is 0 Å². The fourth-order valence-electron chi connectivity index (χ4n) is 2.02. The third kappa shape index (κ3) is 3.66. The van der Waals surface area contributed by atoms with Crippen LogP contribution in [0.25, 0.3) is 6.08 Å². The van der Waals surface area contributed by atoms with Gasteiger partial charge in [0.2, 0.25) is 5.91 Å². The smallest absolute Gasteiger partial charge is 0.244 e. The Balaban J connectivity index is 1.83. The van der Waals surface area contributed by atoms with Crippen LogP contribution in [0.1, 0.15) is 16.9 Å². The molecule has 1 saturated heterocycles. The summed E-state index contributed by atoms with van der Waals surface area (Å²) in [7, 11) is 2.06. The van der Waals surface area contributed by atoms with Crippen LogP contribution in [0.4, 0.5) is 0 Å². The van der Waals surface area contributed by atoms with Crippen molar-refractivity contribution in [1.29, 1.82) is 0 Å². The summed E-state index contributed by atoms with van der Waals surface area (Å²) < 4.78 is 0. The number of carbonyl (C=O) groups is 1. The van der Waals surface area contributed by atoms with Crippen LogP contribution in [0.3, 0.4) is 0 Å². The Morgan fingerprint density at radius 2 is 2.56 bits per heavy atom. The number of likely N-dealkylation sites (tertiary alicyclic amines) is 1. The van der Waals surface area contributed by atoms with Gasteiger partial charge in [-0.15, -0.1) is 11.3 Å². The molecule has 1 unspecified atom stereocenters. The lowest BCUT2D eigenvalue weighted by Gasteiger charge is -2.10. The van der Waals surface area contributed by atoms with Crippen molar-refractivity contribution >= 4 is 23.3 Å². The first-order chi connectivity index (χ1) is 8.67. The Morgan fingerprint density at radius 3 is 3.17 bits per heavy atom. The van der Waals surface area contributed by atoms with Gasteiger partial charge in [0.1, 0.15) is 0 Å². The molecule has 1 aromatic heterocycles. The highest BCUT2D eigenvalue weighted by Gasteiger charge is 2.19. The zero-order chi connectivity index (χ0) is 13.0. The van der Waals surface area contributed by atoms with Gasteiger partial charge in [-0.1, -0.05) is 0 Å². The minimum atomic E-state index is -0.0470. The molecule has 0 bridgehead atoms. The minimum absolute atomic E-state index is 0.0466. The van der Waals surface area contributed by atoms with Gasteiger partial charge < -0.3 is 15.3 Å². The van der Waals surface area contributed by atoms with E-state index in [9.17, 15) is 4.79 Å². The van der Waals surface area contributed by atoms with E-state index in [-0.39, 0.29) is 18.6 Å². The van der Waals surface area contributed by atoms with Crippen LogP contribution in [-0.2, 0) is 11.4 Å². The van der Waals surface area contributed by atoms with Crippen LogP contribution in [0.2, 0.25) is 0 Å². The topological polar surface area (TPSA) is 52.6 Å². The molecule has 1 amide bonds. The van der Waals surface area contributed by atoms with E-state index >= 15 is 0 Å². The molecule has 5 heteroatoms. The number of nitrogens with one attached hydrogen (secondary N) is 1. The van der Waals surface area contributed by atoms with Crippen molar-refractivity contribution in [2.45, 2.75) is 19.1 Å². The molecule has 1 atom stereocenters. The van der Waals surface area contributed by atoms with Crippen molar-refractivity contribution in [3.05, 3.63) is 28.0 Å². The van der Waals surface area contributed by atoms with Crippen molar-refractivity contribution < 1.29 is 9.90 Å². The van der Waals surface area contributed by atoms with Crippen LogP contribution in [0.5, 0.6) is 0 Å². The van der Waals surface area contributed by atoms with Crippen molar-refractivity contribution in [1.82, 2.24) is 10.2 Å². The normalized spacial score (nSPS) is 20.7. The molecule has 0 saturated carbocycles. The van der Waals surface area contributed by atoms with Crippen LogP contribution >= 0.6 is 11.3 Å². The first-order valence-electron chi connectivity index (χ1n) is 6.03. The van der Waals surface area contributed by atoms with Gasteiger partial charge in [-0.3, -0.25) is 4.79 Å². The van der Waals surface area contributed by atoms with Crippen molar-refractivity contribution in [2.24, 2.45) is 0 Å². The number of carbonyl (C=O) groups excluding carboxylic acids is 1. The summed E-state index contributed by atoms with van der Waals surface area (Å²) in [6.07, 6.45) is 4.37. The fourth-order valence-corrected chi connectivity index (χ4v) is 2.82. The van der Waals surface area contributed by atoms with Crippen molar-refractivity contribution in [3.63, 3.8) is 0 Å². The lowest BCUT2D eigenvalue weighted by Crippen LogP contribution is -2.35. The van der Waals surface area contributed by atoms with E-state index in [4.69, 9.17) is 5.11 Å². The molecule has 0 radical (unpaired) electrons. The maximum absolute atomic E-state index is 11.7. The van der Waals surface area contributed by atoms with E-state index in [0.29, 0.717) is 0 Å². The largest absolute Gasteiger partial charge is 0.392 e. The van der Waals surface area contributed by atoms with E-state index in [1.54, 1.807) is 12.2 Å². The van der Waals surface area contributed by atoms with Crippen LogP contribution in [0.15, 0.2) is 17.5 Å². The third-order valence-corrected chi connectivity index (χ3v) is 3.94. The summed E-state index contributed by atoms with van der Waals surface area (Å²) in [6.45, 7) is 2.01. The number of rotatable bonds is 4. The number of hydrogen-bond donors (Lipinski definition) is 2. The Labute approximate surface area is 111 Å². The average Bonchev–Trinajstić information content (AvgIpc) is 2.95. The van der Waals surface area contributed by atoms with Gasteiger partial charge in [0.25, 0.3) is 0 Å². The predicted molar refractivity (Wildman–Crippen MR) is 73.3 cm³/mol. The molecule has 2 N–H and O–H groups in total. The Kier molecular flexibility index (Phi) is 4.52. The number of nitrogens with zero attached hydrogens (tertiary/aromatic N) is 1. The summed E-state index contributed by atoms with van der Waals surface area (Å²) in [5.41, 5.74) is 0.887. The van der Waals surface area contributed by atoms with Gasteiger partial charge in [0, 0.05) is 23.5 Å². The molecule has 2 rings (SSSR count). The van der Waals surface area contributed by atoms with Gasteiger partial charge in [-0.25, -0.2) is 0 Å². The molecule has 1 aliphatic rings. The first-order valence-corrected chi connectivity index (χ1v) is 6.90. The number of amides is 1. The second-order valence-electron chi connectivity index (χ2n) is 4.61. The second-order valence-corrected chi connectivity index (χ2v) is 5.55. The lowest BCUT2D eigenvalue weighted by molar-refractivity contribution is -0.117. The van der Waals surface area contributed by atoms with E-state index in [1.807, 2.05) is 11.4 Å². The number of aliphatic hydroxyl groups is 1. The Hall–Kier alpha value is -1.17. The third-order valence-electron chi connectivity index (χ3n) is 2.99. The summed E-state index contributed by atoms with van der Waals surface area (Å²) >= 11 is 1.52. The highest BCUT2D eigenvalue weighted by molar-refractivity contribution is 7.11. The maximum atomic E-state index is 11.7. The fraction of sp³-hybridized carbons (Fsp3) is 0.462. The summed E-state index contributed by atoms with van der Waals surface area (Å²) in [5, 5.41) is 13.8. The molecular weight excluding hydrogens is 248 g/mol. The van der Waals surface area contributed by atoms with E-state index in [1.165, 1.54) is 11.3 Å². The molecule has 0 aromatic carbocycles. The van der Waals surface area contributed by atoms with E-state index in [0.717, 1.165) is 30.0 Å². The molecule has 4 nitrogen and oxygen atoms in total. The van der Waals surface area contributed by atoms with Gasteiger partial charge in [-0.05, 0) is 43.1 Å². The van der Waals surface area contributed by atoms with Crippen LogP contribution in [0, 0.1) is 0 Å². The minimum Gasteiger partial charge on any atom is -0.392 e. The van der Waals surface area contributed by atoms with Crippen molar-refractivity contribution in [2.75, 3.05) is 20.1 Å². The quantitative estimate of drug-likeness (QED) is 0.802. The molecule has 2 heterocycles. The highest BCUT2D eigenvalue weighted by atomic mass is 32.1. The summed E-state index contributed by atoms with van der Waals surface area (Å²) in [4.78, 5) is 14.9. The molecule has 0 aliphatic carbocycles. The van der Waals surface area contributed by atoms with E-state index < -0.39 is 0 Å². The molecule has 18 heavy (non-hydrogen) atoms. The molecule has 1 fully saturated rings. The summed E-state index contributed by atoms with van der Waals surface area (Å²) in [5.74, 6) is -0.0470. The average molecular weight is 266 g/mol. The number of hydrogen-bond acceptors (Lipinski definition) is 4. The van der Waals surface area contributed by atoms with Gasteiger partial charge in [0.05, 0.1) is 6.61 Å². The molecule has 0 spiro atoms. The SMILES string of the molecule is CN1CCC(NC(=O)/C=C/c2cc(CO)cs2)C1. The standard InChI is InChI=1S/C13H18N2O2S/c1-15-5-4-11(7-15)14-13(17)3-2-12-6-10(8-16)9-18-12/h2-3,6,9,11,16H,4-5,7-8H2,1H3,(H,14,17)/b3-2+. The number of likely N-dealkylation sites (N-methyl/N-ethyl adjacent to an activating group) is 1. The van der Waals surface area contributed by atoms with Crippen LogP contribution in [-0.4, -0.2) is 42.1 Å². The lowest BCUT2D eigenvalue weighted by atomic mass is 10.2. The molecule has 98 valence electrons. The Morgan fingerprint density at radius 1 is 1.72 bits per heavy atom. The molecular formula is C13H18N2O2S. The number of aliphatic hydroxyl groups excluding tert-OH is 1. The van der Waals surface area contributed by atoms with E-state index in [2.05, 4.69) is 17.3 Å².